The van der Waals surface area contributed by atoms with Crippen LogP contribution >= 0.6 is 0 Å². The zero-order valence-electron chi connectivity index (χ0n) is 16.3. The van der Waals surface area contributed by atoms with Gasteiger partial charge in [0.25, 0.3) is 0 Å². The van der Waals surface area contributed by atoms with Gasteiger partial charge in [0.15, 0.2) is 5.58 Å². The molecule has 144 valence electrons. The number of pyridine rings is 1. The fourth-order valence-electron chi connectivity index (χ4n) is 3.71. The van der Waals surface area contributed by atoms with Crippen molar-refractivity contribution >= 4 is 22.0 Å². The third-order valence-electron chi connectivity index (χ3n) is 5.14. The van der Waals surface area contributed by atoms with Gasteiger partial charge in [-0.15, -0.1) is 0 Å². The quantitative estimate of drug-likeness (QED) is 0.432. The predicted octanol–water partition coefficient (Wildman–Crippen LogP) is 5.07. The Hall–Kier alpha value is -3.80. The number of fused-ring (bicyclic) bond motifs is 2. The molecule has 0 amide bonds. The van der Waals surface area contributed by atoms with Gasteiger partial charge in [-0.1, -0.05) is 6.07 Å². The Morgan fingerprint density at radius 2 is 1.76 bits per heavy atom. The van der Waals surface area contributed by atoms with Crippen molar-refractivity contribution in [1.29, 1.82) is 0 Å². The number of aromatic nitrogens is 3. The SMILES string of the molecule is COc1cccc(OC)c1-c1ccnc2cc(-c3ccc4c(cnn4C)c3)oc12. The Morgan fingerprint density at radius 1 is 0.966 bits per heavy atom. The van der Waals surface area contributed by atoms with Crippen LogP contribution in [0.4, 0.5) is 0 Å². The van der Waals surface area contributed by atoms with E-state index in [0.717, 1.165) is 38.9 Å². The molecule has 0 aliphatic rings. The fourth-order valence-corrected chi connectivity index (χ4v) is 3.71. The van der Waals surface area contributed by atoms with Gasteiger partial charge in [-0.05, 0) is 36.4 Å². The fraction of sp³-hybridized carbons (Fsp3) is 0.130. The third-order valence-corrected chi connectivity index (χ3v) is 5.14. The van der Waals surface area contributed by atoms with Gasteiger partial charge in [0.05, 0.1) is 31.5 Å². The van der Waals surface area contributed by atoms with Crippen molar-refractivity contribution in [2.24, 2.45) is 7.05 Å². The third kappa shape index (κ3) is 2.72. The molecular weight excluding hydrogens is 366 g/mol. The summed E-state index contributed by atoms with van der Waals surface area (Å²) in [7, 11) is 5.22. The van der Waals surface area contributed by atoms with Crippen molar-refractivity contribution in [2.45, 2.75) is 0 Å². The molecule has 0 N–H and O–H groups in total. The molecule has 0 saturated carbocycles. The first-order chi connectivity index (χ1) is 14.2. The first-order valence-corrected chi connectivity index (χ1v) is 9.21. The minimum absolute atomic E-state index is 0.691. The van der Waals surface area contributed by atoms with E-state index in [-0.39, 0.29) is 0 Å². The summed E-state index contributed by atoms with van der Waals surface area (Å²) < 4.78 is 19.3. The lowest BCUT2D eigenvalue weighted by Gasteiger charge is -2.13. The Kier molecular flexibility index (Phi) is 3.98. The van der Waals surface area contributed by atoms with Crippen LogP contribution in [0.3, 0.4) is 0 Å². The minimum atomic E-state index is 0.691. The first-order valence-electron chi connectivity index (χ1n) is 9.21. The van der Waals surface area contributed by atoms with E-state index >= 15 is 0 Å². The number of hydrogen-bond acceptors (Lipinski definition) is 5. The monoisotopic (exact) mass is 385 g/mol. The maximum atomic E-state index is 6.29. The smallest absolute Gasteiger partial charge is 0.161 e. The number of nitrogens with zero attached hydrogens (tertiary/aromatic N) is 3. The van der Waals surface area contributed by atoms with E-state index in [1.165, 1.54) is 0 Å². The number of hydrogen-bond donors (Lipinski definition) is 0. The molecule has 0 fully saturated rings. The first kappa shape index (κ1) is 17.3. The Labute approximate surface area is 167 Å². The van der Waals surface area contributed by atoms with Crippen molar-refractivity contribution in [2.75, 3.05) is 14.2 Å². The number of furan rings is 1. The van der Waals surface area contributed by atoms with Gasteiger partial charge in [-0.25, -0.2) is 0 Å². The summed E-state index contributed by atoms with van der Waals surface area (Å²) in [6.45, 7) is 0. The topological polar surface area (TPSA) is 62.3 Å². The second-order valence-corrected chi connectivity index (χ2v) is 6.76. The van der Waals surface area contributed by atoms with Crippen molar-refractivity contribution in [3.63, 3.8) is 0 Å². The summed E-state index contributed by atoms with van der Waals surface area (Å²) in [4.78, 5) is 4.50. The van der Waals surface area contributed by atoms with Crippen LogP contribution < -0.4 is 9.47 Å². The molecular formula is C23H19N3O3. The molecule has 0 bridgehead atoms. The van der Waals surface area contributed by atoms with Crippen molar-refractivity contribution < 1.29 is 13.9 Å². The zero-order chi connectivity index (χ0) is 20.0. The van der Waals surface area contributed by atoms with Crippen molar-refractivity contribution in [3.8, 4) is 33.9 Å². The standard InChI is InChI=1S/C23H19N3O3/c1-26-18-8-7-14(11-15(18)13-25-26)21-12-17-23(29-21)16(9-10-24-17)22-19(27-2)5-4-6-20(22)28-3/h4-13H,1-3H3. The highest BCUT2D eigenvalue weighted by atomic mass is 16.5. The van der Waals surface area contributed by atoms with Gasteiger partial charge < -0.3 is 13.9 Å². The second kappa shape index (κ2) is 6.67. The van der Waals surface area contributed by atoms with Crippen LogP contribution in [0.2, 0.25) is 0 Å². The average molecular weight is 385 g/mol. The Bertz CT molecular complexity index is 1330. The highest BCUT2D eigenvalue weighted by Crippen LogP contribution is 2.42. The Morgan fingerprint density at radius 3 is 2.52 bits per heavy atom. The minimum Gasteiger partial charge on any atom is -0.496 e. The molecule has 3 aromatic heterocycles. The normalized spacial score (nSPS) is 11.3. The molecule has 2 aromatic carbocycles. The molecule has 5 aromatic rings. The molecule has 6 heteroatoms. The maximum Gasteiger partial charge on any atom is 0.161 e. The van der Waals surface area contributed by atoms with Gasteiger partial charge >= 0.3 is 0 Å². The molecule has 0 radical (unpaired) electrons. The van der Waals surface area contributed by atoms with Gasteiger partial charge in [0.1, 0.15) is 22.8 Å². The van der Waals surface area contributed by atoms with E-state index in [0.29, 0.717) is 17.1 Å². The van der Waals surface area contributed by atoms with Gasteiger partial charge in [-0.2, -0.15) is 5.10 Å². The summed E-state index contributed by atoms with van der Waals surface area (Å²) in [6, 6.07) is 15.7. The number of rotatable bonds is 4. The van der Waals surface area contributed by atoms with Crippen LogP contribution in [0.1, 0.15) is 0 Å². The molecule has 29 heavy (non-hydrogen) atoms. The number of methoxy groups -OCH3 is 2. The van der Waals surface area contributed by atoms with E-state index in [1.54, 1.807) is 20.4 Å². The van der Waals surface area contributed by atoms with Crippen LogP contribution in [0, 0.1) is 0 Å². The summed E-state index contributed by atoms with van der Waals surface area (Å²) in [5.74, 6) is 2.18. The molecule has 5 rings (SSSR count). The summed E-state index contributed by atoms with van der Waals surface area (Å²) >= 11 is 0. The lowest BCUT2D eigenvalue weighted by molar-refractivity contribution is 0.397. The lowest BCUT2D eigenvalue weighted by atomic mass is 10.0. The molecule has 0 atom stereocenters. The van der Waals surface area contributed by atoms with E-state index in [1.807, 2.05) is 60.4 Å². The number of ether oxygens (including phenoxy) is 2. The number of aryl methyl sites for hydroxylation is 1. The average Bonchev–Trinajstić information content (AvgIpc) is 3.36. The van der Waals surface area contributed by atoms with E-state index < -0.39 is 0 Å². The molecule has 3 heterocycles. The predicted molar refractivity (Wildman–Crippen MR) is 112 cm³/mol. The van der Waals surface area contributed by atoms with E-state index in [4.69, 9.17) is 13.9 Å². The Balaban J connectivity index is 1.71. The van der Waals surface area contributed by atoms with Gasteiger partial charge in [-0.3, -0.25) is 9.67 Å². The van der Waals surface area contributed by atoms with Crippen molar-refractivity contribution in [3.05, 3.63) is 60.9 Å². The van der Waals surface area contributed by atoms with Crippen LogP contribution in [0.25, 0.3) is 44.5 Å². The zero-order valence-corrected chi connectivity index (χ0v) is 16.3. The van der Waals surface area contributed by atoms with E-state index in [9.17, 15) is 0 Å². The van der Waals surface area contributed by atoms with Crippen LogP contribution in [0.15, 0.2) is 65.3 Å². The van der Waals surface area contributed by atoms with E-state index in [2.05, 4.69) is 16.1 Å². The molecule has 0 aliphatic carbocycles. The maximum absolute atomic E-state index is 6.29. The van der Waals surface area contributed by atoms with Gasteiger partial charge in [0, 0.05) is 35.8 Å². The summed E-state index contributed by atoms with van der Waals surface area (Å²) in [5, 5.41) is 5.37. The lowest BCUT2D eigenvalue weighted by Crippen LogP contribution is -1.93. The van der Waals surface area contributed by atoms with Crippen LogP contribution in [0.5, 0.6) is 11.5 Å². The largest absolute Gasteiger partial charge is 0.496 e. The number of benzene rings is 2. The molecule has 0 spiro atoms. The molecule has 0 aliphatic heterocycles. The van der Waals surface area contributed by atoms with Crippen LogP contribution in [-0.2, 0) is 7.05 Å². The van der Waals surface area contributed by atoms with Crippen molar-refractivity contribution in [1.82, 2.24) is 14.8 Å². The molecule has 0 saturated heterocycles. The molecule has 0 unspecified atom stereocenters. The molecule has 6 nitrogen and oxygen atoms in total. The van der Waals surface area contributed by atoms with Crippen LogP contribution in [-0.4, -0.2) is 29.0 Å². The van der Waals surface area contributed by atoms with Gasteiger partial charge in [0.2, 0.25) is 0 Å². The summed E-state index contributed by atoms with van der Waals surface area (Å²) in [6.07, 6.45) is 3.62. The second-order valence-electron chi connectivity index (χ2n) is 6.76. The summed E-state index contributed by atoms with van der Waals surface area (Å²) in [5.41, 5.74) is 5.23. The highest BCUT2D eigenvalue weighted by molar-refractivity contribution is 5.96. The highest BCUT2D eigenvalue weighted by Gasteiger charge is 2.19.